The van der Waals surface area contributed by atoms with Gasteiger partial charge in [0.15, 0.2) is 0 Å². The molecule has 0 fully saturated rings. The van der Waals surface area contributed by atoms with Crippen molar-refractivity contribution in [1.29, 1.82) is 0 Å². The Balaban J connectivity index is 1.12. The zero-order chi connectivity index (χ0) is 38.3. The number of fused-ring (bicyclic) bond motifs is 14. The Bertz CT molecular complexity index is 3630. The fraction of sp³-hybridized carbons (Fsp3) is 0. The summed E-state index contributed by atoms with van der Waals surface area (Å²) in [5.41, 5.74) is 19.1. The van der Waals surface area contributed by atoms with Crippen LogP contribution in [-0.2, 0) is 0 Å². The summed E-state index contributed by atoms with van der Waals surface area (Å²) in [4.78, 5) is 0. The van der Waals surface area contributed by atoms with Crippen molar-refractivity contribution in [3.63, 3.8) is 0 Å². The van der Waals surface area contributed by atoms with E-state index in [0.29, 0.717) is 0 Å². The van der Waals surface area contributed by atoms with Crippen LogP contribution in [-0.4, -0.2) is 4.57 Å². The first-order chi connectivity index (χ1) is 29.3. The summed E-state index contributed by atoms with van der Waals surface area (Å²) in [6, 6.07) is 75.1. The number of benzene rings is 11. The minimum absolute atomic E-state index is 1.15. The SMILES string of the molecule is c1ccc2c(c1)-c1cccc3c(-c4cc(-c5ccc6c7c(cccc57)-c5ccccc5-6)cc(-n5c6ccccc6c6c7ccccc7c7ccccc7c65)c4)ccc-2c13. The van der Waals surface area contributed by atoms with Crippen molar-refractivity contribution in [3.8, 4) is 72.4 Å². The van der Waals surface area contributed by atoms with Crippen molar-refractivity contribution in [2.24, 2.45) is 0 Å². The molecule has 0 unspecified atom stereocenters. The van der Waals surface area contributed by atoms with Gasteiger partial charge in [0.2, 0.25) is 0 Å². The van der Waals surface area contributed by atoms with Gasteiger partial charge in [-0.1, -0.05) is 176 Å². The van der Waals surface area contributed by atoms with Crippen LogP contribution in [0.4, 0.5) is 0 Å². The van der Waals surface area contributed by atoms with E-state index < -0.39 is 0 Å². The van der Waals surface area contributed by atoms with Gasteiger partial charge in [0.25, 0.3) is 0 Å². The molecule has 59 heavy (non-hydrogen) atoms. The van der Waals surface area contributed by atoms with Gasteiger partial charge in [-0.25, -0.2) is 0 Å². The average Bonchev–Trinajstić information content (AvgIpc) is 3.95. The van der Waals surface area contributed by atoms with Crippen molar-refractivity contribution in [2.75, 3.05) is 0 Å². The van der Waals surface area contributed by atoms with E-state index in [1.165, 1.54) is 132 Å². The molecular formula is C58H33N. The fourth-order valence-corrected chi connectivity index (χ4v) is 11.1. The normalized spacial score (nSPS) is 12.4. The molecule has 0 N–H and O–H groups in total. The molecule has 0 saturated heterocycles. The van der Waals surface area contributed by atoms with Gasteiger partial charge in [-0.05, 0) is 129 Å². The molecule has 14 rings (SSSR count). The predicted molar refractivity (Wildman–Crippen MR) is 251 cm³/mol. The maximum Gasteiger partial charge on any atom is 0.0625 e. The highest BCUT2D eigenvalue weighted by Crippen LogP contribution is 2.52. The van der Waals surface area contributed by atoms with Gasteiger partial charge in [0.05, 0.1) is 11.0 Å². The highest BCUT2D eigenvalue weighted by Gasteiger charge is 2.26. The van der Waals surface area contributed by atoms with Gasteiger partial charge in [-0.2, -0.15) is 0 Å². The molecule has 270 valence electrons. The lowest BCUT2D eigenvalue weighted by Gasteiger charge is -2.18. The van der Waals surface area contributed by atoms with Crippen LogP contribution >= 0.6 is 0 Å². The first-order valence-corrected chi connectivity index (χ1v) is 20.6. The van der Waals surface area contributed by atoms with Crippen molar-refractivity contribution in [2.45, 2.75) is 0 Å². The average molecular weight is 744 g/mol. The second-order valence-corrected chi connectivity index (χ2v) is 16.3. The van der Waals surface area contributed by atoms with Crippen LogP contribution in [0.2, 0.25) is 0 Å². The number of nitrogens with zero attached hydrogens (tertiary/aromatic N) is 1. The summed E-state index contributed by atoms with van der Waals surface area (Å²) < 4.78 is 2.55. The molecule has 0 atom stereocenters. The van der Waals surface area contributed by atoms with Crippen LogP contribution in [0.3, 0.4) is 0 Å². The smallest absolute Gasteiger partial charge is 0.0625 e. The lowest BCUT2D eigenvalue weighted by Crippen LogP contribution is -1.97. The van der Waals surface area contributed by atoms with E-state index >= 15 is 0 Å². The van der Waals surface area contributed by atoms with Crippen LogP contribution in [0.1, 0.15) is 0 Å². The largest absolute Gasteiger partial charge is 0.309 e. The molecule has 12 aromatic rings. The van der Waals surface area contributed by atoms with Crippen LogP contribution in [0.15, 0.2) is 200 Å². The Hall–Kier alpha value is -7.74. The maximum atomic E-state index is 2.55. The van der Waals surface area contributed by atoms with E-state index in [9.17, 15) is 0 Å². The molecule has 11 aromatic carbocycles. The van der Waals surface area contributed by atoms with Crippen molar-refractivity contribution in [1.82, 2.24) is 4.57 Å². The second-order valence-electron chi connectivity index (χ2n) is 16.3. The molecule has 0 spiro atoms. The fourth-order valence-electron chi connectivity index (χ4n) is 11.1. The molecule has 0 aliphatic heterocycles. The maximum absolute atomic E-state index is 2.55. The summed E-state index contributed by atoms with van der Waals surface area (Å²) in [5, 5.41) is 12.9. The molecule has 2 aliphatic rings. The Kier molecular flexibility index (Phi) is 6.08. The number of hydrogen-bond donors (Lipinski definition) is 0. The third-order valence-electron chi connectivity index (χ3n) is 13.4. The van der Waals surface area contributed by atoms with Crippen molar-refractivity contribution < 1.29 is 0 Å². The van der Waals surface area contributed by atoms with E-state index in [1.54, 1.807) is 0 Å². The van der Waals surface area contributed by atoms with Gasteiger partial charge in [0, 0.05) is 21.8 Å². The molecule has 2 aliphatic carbocycles. The summed E-state index contributed by atoms with van der Waals surface area (Å²) in [6.07, 6.45) is 0. The number of para-hydroxylation sites is 1. The van der Waals surface area contributed by atoms with E-state index in [4.69, 9.17) is 0 Å². The molecule has 1 nitrogen and oxygen atoms in total. The van der Waals surface area contributed by atoms with Gasteiger partial charge < -0.3 is 4.57 Å². The molecule has 1 aromatic heterocycles. The van der Waals surface area contributed by atoms with E-state index in [0.717, 1.165) is 5.69 Å². The van der Waals surface area contributed by atoms with Gasteiger partial charge in [0.1, 0.15) is 0 Å². The lowest BCUT2D eigenvalue weighted by atomic mass is 9.90. The molecule has 0 saturated carbocycles. The summed E-state index contributed by atoms with van der Waals surface area (Å²) in [6.45, 7) is 0. The summed E-state index contributed by atoms with van der Waals surface area (Å²) in [7, 11) is 0. The molecular weight excluding hydrogens is 711 g/mol. The number of rotatable bonds is 3. The van der Waals surface area contributed by atoms with Gasteiger partial charge in [-0.15, -0.1) is 0 Å². The molecule has 0 amide bonds. The predicted octanol–water partition coefficient (Wildman–Crippen LogP) is 16.0. The van der Waals surface area contributed by atoms with Crippen LogP contribution < -0.4 is 0 Å². The van der Waals surface area contributed by atoms with Crippen LogP contribution in [0, 0.1) is 0 Å². The summed E-state index contributed by atoms with van der Waals surface area (Å²) in [5.74, 6) is 0. The third kappa shape index (κ3) is 4.09. The number of hydrogen-bond acceptors (Lipinski definition) is 0. The Morgan fingerprint density at radius 3 is 1.19 bits per heavy atom. The van der Waals surface area contributed by atoms with Gasteiger partial charge >= 0.3 is 0 Å². The molecule has 1 heterocycles. The molecule has 1 heteroatoms. The first-order valence-electron chi connectivity index (χ1n) is 20.6. The number of aromatic nitrogens is 1. The highest BCUT2D eigenvalue weighted by molar-refractivity contribution is 6.32. The van der Waals surface area contributed by atoms with E-state index in [2.05, 4.69) is 205 Å². The van der Waals surface area contributed by atoms with Crippen LogP contribution in [0.5, 0.6) is 0 Å². The van der Waals surface area contributed by atoms with E-state index in [1.807, 2.05) is 0 Å². The second kappa shape index (κ2) is 11.4. The molecule has 0 radical (unpaired) electrons. The topological polar surface area (TPSA) is 4.93 Å². The standard InChI is InChI=1S/C58H33N/c1-3-15-41-39(13-1)47-24-11-22-45-37(27-29-50(41)55(45)47)34-31-35(38-28-30-51-42-16-4-2-14-40(42)48-25-12-23-46(38)56(48)51)33-36(32-34)59-54-26-10-9-21-53(54)57-49-19-7-5-17-43(49)44-18-6-8-20-52(44)58(57)59/h1-33H. The monoisotopic (exact) mass is 743 g/mol. The van der Waals surface area contributed by atoms with E-state index in [-0.39, 0.29) is 0 Å². The quantitative estimate of drug-likeness (QED) is 0.159. The summed E-state index contributed by atoms with van der Waals surface area (Å²) >= 11 is 0. The minimum atomic E-state index is 1.15. The first kappa shape index (κ1) is 31.4. The Labute approximate surface area is 340 Å². The van der Waals surface area contributed by atoms with Crippen LogP contribution in [0.25, 0.3) is 137 Å². The third-order valence-corrected chi connectivity index (χ3v) is 13.4. The minimum Gasteiger partial charge on any atom is -0.309 e. The zero-order valence-electron chi connectivity index (χ0n) is 32.0. The Morgan fingerprint density at radius 1 is 0.237 bits per heavy atom. The highest BCUT2D eigenvalue weighted by atomic mass is 15.0. The van der Waals surface area contributed by atoms with Crippen molar-refractivity contribution in [3.05, 3.63) is 200 Å². The zero-order valence-corrected chi connectivity index (χ0v) is 32.0. The lowest BCUT2D eigenvalue weighted by molar-refractivity contribution is 1.19. The van der Waals surface area contributed by atoms with Crippen molar-refractivity contribution >= 4 is 64.9 Å². The van der Waals surface area contributed by atoms with Gasteiger partial charge in [-0.3, -0.25) is 0 Å². The Morgan fingerprint density at radius 2 is 0.627 bits per heavy atom. The molecule has 0 bridgehead atoms.